The minimum Gasteiger partial charge on any atom is -0.450 e. The van der Waals surface area contributed by atoms with E-state index in [9.17, 15) is 4.79 Å². The highest BCUT2D eigenvalue weighted by atomic mass is 16.6. The first kappa shape index (κ1) is 17.1. The quantitative estimate of drug-likeness (QED) is 0.565. The van der Waals surface area contributed by atoms with E-state index in [-0.39, 0.29) is 6.09 Å². The van der Waals surface area contributed by atoms with Gasteiger partial charge in [-0.3, -0.25) is 4.90 Å². The first-order chi connectivity index (χ1) is 12.1. The van der Waals surface area contributed by atoms with E-state index in [2.05, 4.69) is 17.0 Å². The summed E-state index contributed by atoms with van der Waals surface area (Å²) in [6, 6.07) is 0.722. The van der Waals surface area contributed by atoms with Gasteiger partial charge in [0.2, 0.25) is 0 Å². The Bertz CT molecular complexity index is 546. The van der Waals surface area contributed by atoms with E-state index in [1.807, 2.05) is 11.8 Å². The van der Waals surface area contributed by atoms with Gasteiger partial charge in [-0.1, -0.05) is 12.1 Å². The third-order valence-electron chi connectivity index (χ3n) is 7.00. The topological polar surface area (TPSA) is 54.4 Å². The van der Waals surface area contributed by atoms with Gasteiger partial charge in [0, 0.05) is 38.1 Å². The van der Waals surface area contributed by atoms with Crippen LogP contribution in [0.4, 0.5) is 4.79 Å². The third kappa shape index (κ3) is 2.92. The van der Waals surface area contributed by atoms with Gasteiger partial charge in [-0.15, -0.1) is 0 Å². The lowest BCUT2D eigenvalue weighted by atomic mass is 9.64. The molecule has 6 heteroatoms. The maximum absolute atomic E-state index is 11.9. The summed E-state index contributed by atoms with van der Waals surface area (Å²) in [6.07, 6.45) is 4.52. The molecule has 0 bridgehead atoms. The summed E-state index contributed by atoms with van der Waals surface area (Å²) in [6.45, 7) is 8.72. The Balaban J connectivity index is 1.24. The lowest BCUT2D eigenvalue weighted by Gasteiger charge is -2.49. The Morgan fingerprint density at radius 3 is 2.56 bits per heavy atom. The van der Waals surface area contributed by atoms with Crippen LogP contribution in [0.15, 0.2) is 5.16 Å². The Morgan fingerprint density at radius 1 is 1.24 bits per heavy atom. The highest BCUT2D eigenvalue weighted by Gasteiger charge is 2.61. The second kappa shape index (κ2) is 6.45. The van der Waals surface area contributed by atoms with Crippen LogP contribution in [0.1, 0.15) is 39.5 Å². The molecule has 0 aromatic carbocycles. The van der Waals surface area contributed by atoms with E-state index >= 15 is 0 Å². The zero-order valence-corrected chi connectivity index (χ0v) is 15.7. The Hall–Kier alpha value is -1.30. The zero-order chi connectivity index (χ0) is 17.6. The molecular weight excluding hydrogens is 318 g/mol. The van der Waals surface area contributed by atoms with Gasteiger partial charge in [0.1, 0.15) is 7.11 Å². The smallest absolute Gasteiger partial charge is 0.409 e. The number of fused-ring (bicyclic) bond motifs is 1. The van der Waals surface area contributed by atoms with Crippen molar-refractivity contribution in [3.63, 3.8) is 0 Å². The van der Waals surface area contributed by atoms with Crippen molar-refractivity contribution in [2.24, 2.45) is 28.3 Å². The number of ether oxygens (including phenoxy) is 1. The molecule has 0 radical (unpaired) electrons. The van der Waals surface area contributed by atoms with E-state index < -0.39 is 0 Å². The summed E-state index contributed by atoms with van der Waals surface area (Å²) >= 11 is 0. The number of likely N-dealkylation sites (tertiary alicyclic amines) is 2. The molecule has 0 aromatic heterocycles. The van der Waals surface area contributed by atoms with E-state index in [1.165, 1.54) is 31.6 Å². The van der Waals surface area contributed by atoms with Crippen LogP contribution < -0.4 is 0 Å². The van der Waals surface area contributed by atoms with Crippen molar-refractivity contribution in [2.75, 3.05) is 39.9 Å². The van der Waals surface area contributed by atoms with Crippen LogP contribution in [0.3, 0.4) is 0 Å². The maximum Gasteiger partial charge on any atom is 0.409 e. The Kier molecular flexibility index (Phi) is 4.42. The number of hydrogen-bond acceptors (Lipinski definition) is 5. The number of nitrogens with zero attached hydrogens (tertiary/aromatic N) is 3. The fourth-order valence-electron chi connectivity index (χ4n) is 5.67. The third-order valence-corrected chi connectivity index (χ3v) is 7.00. The first-order valence-corrected chi connectivity index (χ1v) is 9.86. The molecule has 2 saturated heterocycles. The van der Waals surface area contributed by atoms with Gasteiger partial charge in [-0.05, 0) is 49.9 Å². The van der Waals surface area contributed by atoms with Crippen molar-refractivity contribution in [3.8, 4) is 0 Å². The average Bonchev–Trinajstić information content (AvgIpc) is 2.94. The number of carbonyl (C=O) groups excluding carboxylic acids is 1. The highest BCUT2D eigenvalue weighted by molar-refractivity contribution is 5.89. The van der Waals surface area contributed by atoms with Crippen LogP contribution in [-0.4, -0.2) is 67.5 Å². The van der Waals surface area contributed by atoms with Gasteiger partial charge in [0.15, 0.2) is 0 Å². The van der Waals surface area contributed by atoms with Crippen LogP contribution >= 0.6 is 0 Å². The average molecular weight is 349 g/mol. The van der Waals surface area contributed by atoms with Crippen molar-refractivity contribution >= 4 is 11.8 Å². The van der Waals surface area contributed by atoms with Gasteiger partial charge in [0.25, 0.3) is 0 Å². The predicted octanol–water partition coefficient (Wildman–Crippen LogP) is 2.59. The minimum atomic E-state index is -0.127. The molecule has 4 aliphatic rings. The molecule has 2 aliphatic heterocycles. The number of carbonyl (C=O) groups is 1. The monoisotopic (exact) mass is 349 g/mol. The molecule has 1 spiro atoms. The first-order valence-electron chi connectivity index (χ1n) is 9.86. The zero-order valence-electron chi connectivity index (χ0n) is 15.7. The van der Waals surface area contributed by atoms with Crippen LogP contribution in [-0.2, 0) is 9.57 Å². The van der Waals surface area contributed by atoms with Crippen LogP contribution in [0.5, 0.6) is 0 Å². The summed E-state index contributed by atoms with van der Waals surface area (Å²) in [7, 11) is 1.65. The molecule has 2 heterocycles. The van der Waals surface area contributed by atoms with Crippen LogP contribution in [0, 0.1) is 23.2 Å². The van der Waals surface area contributed by atoms with Gasteiger partial charge < -0.3 is 14.5 Å². The predicted molar refractivity (Wildman–Crippen MR) is 95.4 cm³/mol. The van der Waals surface area contributed by atoms with Crippen LogP contribution in [0.25, 0.3) is 0 Å². The van der Waals surface area contributed by atoms with Crippen LogP contribution in [0.2, 0.25) is 0 Å². The van der Waals surface area contributed by atoms with E-state index in [0.29, 0.717) is 17.9 Å². The summed E-state index contributed by atoms with van der Waals surface area (Å²) in [5, 5.41) is 4.24. The standard InChI is InChI=1S/C19H31N3O3/c1-4-16(20-24-3)17-14-10-22(11-15(14)17)13-8-19(9-13)6-7-21(12-19)18(23)25-5-2/h13-15,17H,4-12H2,1-3H3/b20-16+/t13?,14-,15+,17+,19?. The molecular formula is C19H31N3O3. The van der Waals surface area contributed by atoms with Crippen molar-refractivity contribution in [2.45, 2.75) is 45.6 Å². The van der Waals surface area contributed by atoms with Crippen molar-refractivity contribution < 1.29 is 14.4 Å². The molecule has 0 unspecified atom stereocenters. The molecule has 1 amide bonds. The summed E-state index contributed by atoms with van der Waals surface area (Å²) in [5.74, 6) is 2.26. The summed E-state index contributed by atoms with van der Waals surface area (Å²) in [4.78, 5) is 21.5. The lowest BCUT2D eigenvalue weighted by molar-refractivity contribution is 0.0115. The largest absolute Gasteiger partial charge is 0.450 e. The Morgan fingerprint density at radius 2 is 1.96 bits per heavy atom. The van der Waals surface area contributed by atoms with E-state index in [4.69, 9.17) is 9.57 Å². The molecule has 4 rings (SSSR count). The second-order valence-electron chi connectivity index (χ2n) is 8.36. The van der Waals surface area contributed by atoms with Crippen molar-refractivity contribution in [1.82, 2.24) is 9.80 Å². The molecule has 0 N–H and O–H groups in total. The Labute approximate surface area is 150 Å². The SMILES string of the molecule is CCOC(=O)N1CCC2(CC(N3C[C@@H]4[C@H](C3)[C@H]4/C(CC)=N/OC)C2)C1. The van der Waals surface area contributed by atoms with Crippen molar-refractivity contribution in [3.05, 3.63) is 0 Å². The molecule has 2 aliphatic carbocycles. The number of hydrogen-bond donors (Lipinski definition) is 0. The highest BCUT2D eigenvalue weighted by Crippen LogP contribution is 2.57. The van der Waals surface area contributed by atoms with E-state index in [0.717, 1.165) is 43.8 Å². The molecule has 25 heavy (non-hydrogen) atoms. The molecule has 2 saturated carbocycles. The van der Waals surface area contributed by atoms with Gasteiger partial charge in [-0.25, -0.2) is 4.79 Å². The summed E-state index contributed by atoms with van der Waals surface area (Å²) < 4.78 is 5.15. The normalized spacial score (nSPS) is 40.1. The maximum atomic E-state index is 11.9. The lowest BCUT2D eigenvalue weighted by Crippen LogP contribution is -2.52. The number of rotatable bonds is 5. The minimum absolute atomic E-state index is 0.127. The van der Waals surface area contributed by atoms with E-state index in [1.54, 1.807) is 7.11 Å². The van der Waals surface area contributed by atoms with Gasteiger partial charge in [0.05, 0.1) is 12.3 Å². The fourth-order valence-corrected chi connectivity index (χ4v) is 5.67. The summed E-state index contributed by atoms with van der Waals surface area (Å²) in [5.41, 5.74) is 1.62. The molecule has 140 valence electrons. The molecule has 6 nitrogen and oxygen atoms in total. The number of oxime groups is 1. The van der Waals surface area contributed by atoms with Crippen molar-refractivity contribution in [1.29, 1.82) is 0 Å². The van der Waals surface area contributed by atoms with Gasteiger partial charge in [-0.2, -0.15) is 0 Å². The number of amides is 1. The van der Waals surface area contributed by atoms with Gasteiger partial charge >= 0.3 is 6.09 Å². The molecule has 0 aromatic rings. The second-order valence-corrected chi connectivity index (χ2v) is 8.36. The molecule has 3 atom stereocenters. The fraction of sp³-hybridized carbons (Fsp3) is 0.895. The number of piperidine rings is 1. The molecule has 4 fully saturated rings.